The van der Waals surface area contributed by atoms with Gasteiger partial charge in [-0.15, -0.1) is 0 Å². The molecule has 3 N–H and O–H groups in total. The summed E-state index contributed by atoms with van der Waals surface area (Å²) in [5.41, 5.74) is 11.4. The molecule has 1 heterocycles. The van der Waals surface area contributed by atoms with Crippen molar-refractivity contribution >= 4 is 0 Å². The number of hydrogen-bond donors (Lipinski definition) is 2. The van der Waals surface area contributed by atoms with Crippen LogP contribution < -0.4 is 10.5 Å². The number of rotatable bonds is 3. The van der Waals surface area contributed by atoms with E-state index in [1.54, 1.807) is 7.11 Å². The number of H-pyrrole nitrogens is 1. The van der Waals surface area contributed by atoms with Gasteiger partial charge in [0.1, 0.15) is 11.6 Å². The van der Waals surface area contributed by atoms with E-state index in [1.807, 2.05) is 13.1 Å². The Balaban J connectivity index is 2.63. The number of aromatic amines is 1. The molecule has 0 aliphatic carbocycles. The standard InChI is InChI=1S/C15H21N3O/c1-8-6-9(2)13(14(19-5)10(8)3)12-7-17-15(18-12)11(4)16/h6-7,11H,16H2,1-5H3,(H,17,18). The minimum atomic E-state index is -0.105. The summed E-state index contributed by atoms with van der Waals surface area (Å²) in [5, 5.41) is 0. The number of nitrogens with two attached hydrogens (primary N) is 1. The van der Waals surface area contributed by atoms with Crippen LogP contribution in [0.5, 0.6) is 5.75 Å². The second kappa shape index (κ2) is 5.05. The van der Waals surface area contributed by atoms with Crippen molar-refractivity contribution in [3.8, 4) is 17.0 Å². The summed E-state index contributed by atoms with van der Waals surface area (Å²) in [6.07, 6.45) is 1.82. The summed E-state index contributed by atoms with van der Waals surface area (Å²) < 4.78 is 5.58. The Morgan fingerprint density at radius 2 is 1.95 bits per heavy atom. The molecule has 1 aromatic heterocycles. The largest absolute Gasteiger partial charge is 0.496 e. The third-order valence-corrected chi connectivity index (χ3v) is 3.49. The summed E-state index contributed by atoms with van der Waals surface area (Å²) in [4.78, 5) is 7.60. The Kier molecular flexibility index (Phi) is 3.62. The Hall–Kier alpha value is -1.81. The Labute approximate surface area is 114 Å². The molecule has 0 radical (unpaired) electrons. The number of imidazole rings is 1. The van der Waals surface area contributed by atoms with Gasteiger partial charge in [-0.25, -0.2) is 4.98 Å². The molecule has 0 saturated carbocycles. The average Bonchev–Trinajstić information content (AvgIpc) is 2.82. The van der Waals surface area contributed by atoms with E-state index in [0.717, 1.165) is 28.4 Å². The fraction of sp³-hybridized carbons (Fsp3) is 0.400. The summed E-state index contributed by atoms with van der Waals surface area (Å²) in [5.74, 6) is 1.69. The molecule has 0 amide bonds. The van der Waals surface area contributed by atoms with Crippen molar-refractivity contribution in [3.05, 3.63) is 34.8 Å². The van der Waals surface area contributed by atoms with Crippen LogP contribution in [0.3, 0.4) is 0 Å². The van der Waals surface area contributed by atoms with Crippen LogP contribution in [-0.4, -0.2) is 17.1 Å². The summed E-state index contributed by atoms with van der Waals surface area (Å²) in [7, 11) is 1.70. The number of aromatic nitrogens is 2. The van der Waals surface area contributed by atoms with Gasteiger partial charge in [-0.2, -0.15) is 0 Å². The molecule has 0 fully saturated rings. The molecule has 4 heteroatoms. The second-order valence-corrected chi connectivity index (χ2v) is 5.01. The van der Waals surface area contributed by atoms with Crippen molar-refractivity contribution in [2.45, 2.75) is 33.7 Å². The number of benzene rings is 1. The zero-order chi connectivity index (χ0) is 14.2. The van der Waals surface area contributed by atoms with Gasteiger partial charge >= 0.3 is 0 Å². The highest BCUT2D eigenvalue weighted by molar-refractivity contribution is 5.73. The molecule has 1 aromatic carbocycles. The lowest BCUT2D eigenvalue weighted by Gasteiger charge is -2.15. The van der Waals surface area contributed by atoms with Crippen LogP contribution in [0.25, 0.3) is 11.3 Å². The van der Waals surface area contributed by atoms with Crippen LogP contribution in [0, 0.1) is 20.8 Å². The van der Waals surface area contributed by atoms with E-state index in [4.69, 9.17) is 10.5 Å². The molecule has 0 aliphatic heterocycles. The molecule has 0 bridgehead atoms. The van der Waals surface area contributed by atoms with E-state index in [9.17, 15) is 0 Å². The first-order chi connectivity index (χ1) is 8.95. The molecule has 4 nitrogen and oxygen atoms in total. The Morgan fingerprint density at radius 3 is 2.47 bits per heavy atom. The van der Waals surface area contributed by atoms with Gasteiger partial charge in [0.15, 0.2) is 0 Å². The maximum atomic E-state index is 5.84. The van der Waals surface area contributed by atoms with Crippen molar-refractivity contribution in [2.75, 3.05) is 7.11 Å². The van der Waals surface area contributed by atoms with Crippen LogP contribution in [0.1, 0.15) is 35.5 Å². The molecule has 2 rings (SSSR count). The third-order valence-electron chi connectivity index (χ3n) is 3.49. The fourth-order valence-electron chi connectivity index (χ4n) is 2.34. The van der Waals surface area contributed by atoms with Crippen LogP contribution in [0.2, 0.25) is 0 Å². The summed E-state index contributed by atoms with van der Waals surface area (Å²) in [6, 6.07) is 2.06. The molecule has 1 unspecified atom stereocenters. The Morgan fingerprint density at radius 1 is 1.26 bits per heavy atom. The number of nitrogens with one attached hydrogen (secondary N) is 1. The molecule has 0 aliphatic rings. The number of aryl methyl sites for hydroxylation is 2. The summed E-state index contributed by atoms with van der Waals surface area (Å²) >= 11 is 0. The van der Waals surface area contributed by atoms with E-state index < -0.39 is 0 Å². The molecule has 19 heavy (non-hydrogen) atoms. The van der Waals surface area contributed by atoms with Gasteiger partial charge in [-0.05, 0) is 44.4 Å². The van der Waals surface area contributed by atoms with Crippen molar-refractivity contribution in [2.24, 2.45) is 5.73 Å². The average molecular weight is 259 g/mol. The quantitative estimate of drug-likeness (QED) is 0.890. The minimum Gasteiger partial charge on any atom is -0.496 e. The second-order valence-electron chi connectivity index (χ2n) is 5.01. The van der Waals surface area contributed by atoms with Crippen molar-refractivity contribution in [1.29, 1.82) is 0 Å². The zero-order valence-corrected chi connectivity index (χ0v) is 12.2. The van der Waals surface area contributed by atoms with Gasteiger partial charge in [0.25, 0.3) is 0 Å². The molecular weight excluding hydrogens is 238 g/mol. The fourth-order valence-corrected chi connectivity index (χ4v) is 2.34. The monoisotopic (exact) mass is 259 g/mol. The smallest absolute Gasteiger partial charge is 0.131 e. The third kappa shape index (κ3) is 2.36. The number of ether oxygens (including phenoxy) is 1. The maximum Gasteiger partial charge on any atom is 0.131 e. The molecule has 0 saturated heterocycles. The van der Waals surface area contributed by atoms with E-state index in [2.05, 4.69) is 36.8 Å². The first kappa shape index (κ1) is 13.6. The van der Waals surface area contributed by atoms with Gasteiger partial charge in [-0.3, -0.25) is 0 Å². The molecule has 0 spiro atoms. The van der Waals surface area contributed by atoms with Gasteiger partial charge in [0.05, 0.1) is 25.0 Å². The lowest BCUT2D eigenvalue weighted by Crippen LogP contribution is -2.06. The van der Waals surface area contributed by atoms with E-state index in [0.29, 0.717) is 0 Å². The van der Waals surface area contributed by atoms with Crippen molar-refractivity contribution in [3.63, 3.8) is 0 Å². The topological polar surface area (TPSA) is 63.9 Å². The van der Waals surface area contributed by atoms with Gasteiger partial charge in [0, 0.05) is 5.56 Å². The van der Waals surface area contributed by atoms with E-state index in [1.165, 1.54) is 11.1 Å². The Bertz CT molecular complexity index is 600. The van der Waals surface area contributed by atoms with Crippen LogP contribution in [-0.2, 0) is 0 Å². The zero-order valence-electron chi connectivity index (χ0n) is 12.2. The molecule has 2 aromatic rings. The summed E-state index contributed by atoms with van der Waals surface area (Å²) in [6.45, 7) is 8.15. The van der Waals surface area contributed by atoms with E-state index >= 15 is 0 Å². The highest BCUT2D eigenvalue weighted by atomic mass is 16.5. The minimum absolute atomic E-state index is 0.105. The van der Waals surface area contributed by atoms with Crippen LogP contribution in [0.4, 0.5) is 0 Å². The highest BCUT2D eigenvalue weighted by Gasteiger charge is 2.16. The van der Waals surface area contributed by atoms with Crippen molar-refractivity contribution < 1.29 is 4.74 Å². The molecular formula is C15H21N3O. The van der Waals surface area contributed by atoms with Gasteiger partial charge in [0.2, 0.25) is 0 Å². The van der Waals surface area contributed by atoms with Crippen LogP contribution >= 0.6 is 0 Å². The predicted molar refractivity (Wildman–Crippen MR) is 77.4 cm³/mol. The van der Waals surface area contributed by atoms with Crippen molar-refractivity contribution in [1.82, 2.24) is 9.97 Å². The van der Waals surface area contributed by atoms with E-state index in [-0.39, 0.29) is 6.04 Å². The van der Waals surface area contributed by atoms with Gasteiger partial charge in [-0.1, -0.05) is 6.07 Å². The number of methoxy groups -OCH3 is 1. The predicted octanol–water partition coefficient (Wildman–Crippen LogP) is 3.03. The first-order valence-corrected chi connectivity index (χ1v) is 6.41. The van der Waals surface area contributed by atoms with Crippen LogP contribution in [0.15, 0.2) is 12.3 Å². The SMILES string of the molecule is COc1c(C)c(C)cc(C)c1-c1cnc(C(C)N)[nH]1. The van der Waals surface area contributed by atoms with Gasteiger partial charge < -0.3 is 15.5 Å². The maximum absolute atomic E-state index is 5.84. The number of hydrogen-bond acceptors (Lipinski definition) is 3. The molecule has 102 valence electrons. The highest BCUT2D eigenvalue weighted by Crippen LogP contribution is 2.36. The molecule has 1 atom stereocenters. The number of nitrogens with zero attached hydrogens (tertiary/aromatic N) is 1. The lowest BCUT2D eigenvalue weighted by molar-refractivity contribution is 0.412. The lowest BCUT2D eigenvalue weighted by atomic mass is 9.97. The normalized spacial score (nSPS) is 12.5. The first-order valence-electron chi connectivity index (χ1n) is 6.41.